The third-order valence-electron chi connectivity index (χ3n) is 1.67. The number of rotatable bonds is 1. The number of benzene rings is 1. The van der Waals surface area contributed by atoms with Gasteiger partial charge in [-0.3, -0.25) is 16.8 Å². The molecule has 0 aliphatic rings. The number of aromatic amines is 1. The van der Waals surface area contributed by atoms with Gasteiger partial charge in [-0.15, -0.1) is 0 Å². The number of H-pyrrole nitrogens is 1. The molecule has 6 N–H and O–H groups in total. The zero-order valence-corrected chi connectivity index (χ0v) is 7.27. The summed E-state index contributed by atoms with van der Waals surface area (Å²) >= 11 is 0. The van der Waals surface area contributed by atoms with E-state index in [0.717, 1.165) is 5.52 Å². The Kier molecular flexibility index (Phi) is 3.16. The average Bonchev–Trinajstić information content (AvgIpc) is 2.64. The van der Waals surface area contributed by atoms with E-state index < -0.39 is 5.97 Å². The number of aromatic nitrogens is 2. The number of carboxylic acids is 1. The molecule has 6 heteroatoms. The van der Waals surface area contributed by atoms with Crippen molar-refractivity contribution in [2.75, 3.05) is 0 Å². The van der Waals surface area contributed by atoms with Crippen LogP contribution in [0.25, 0.3) is 10.9 Å². The van der Waals surface area contributed by atoms with E-state index in [-0.39, 0.29) is 7.12 Å². The van der Waals surface area contributed by atoms with Crippen LogP contribution in [0.4, 0.5) is 0 Å². The summed E-state index contributed by atoms with van der Waals surface area (Å²) in [6.07, 6.45) is 0. The van der Waals surface area contributed by atoms with E-state index in [1.165, 1.54) is 0 Å². The van der Waals surface area contributed by atoms with Crippen molar-refractivity contribution in [1.82, 2.24) is 10.2 Å². The standard InChI is InChI=1S/C8H6N2O2.H4N2/c11-8(12)7-5-3-1-2-4-6(5)9-10-7;1-2/h1-4H,(H,9,10)(H,11,12);1-2H2/p+1. The second-order valence-corrected chi connectivity index (χ2v) is 2.42. The largest absolute Gasteiger partial charge is 1.00 e. The highest BCUT2D eigenvalue weighted by molar-refractivity contribution is 6.00. The van der Waals surface area contributed by atoms with Crippen LogP contribution in [0.15, 0.2) is 24.3 Å². The molecule has 0 aliphatic heterocycles. The Balaban J connectivity index is 0.000000617. The second-order valence-electron chi connectivity index (χ2n) is 2.42. The molecule has 2 aromatic rings. The summed E-state index contributed by atoms with van der Waals surface area (Å²) in [5, 5.41) is 15.6. The first-order valence-corrected chi connectivity index (χ1v) is 3.79. The quantitative estimate of drug-likeness (QED) is 0.382. The number of carbonyl (C=O) groups is 1. The Morgan fingerprint density at radius 3 is 2.71 bits per heavy atom. The number of para-hydroxylation sites is 1. The van der Waals surface area contributed by atoms with Crippen LogP contribution in [-0.2, 0) is 0 Å². The van der Waals surface area contributed by atoms with Gasteiger partial charge in [0.15, 0.2) is 5.69 Å². The number of hydrazine groups is 1. The van der Waals surface area contributed by atoms with E-state index in [4.69, 9.17) is 5.11 Å². The van der Waals surface area contributed by atoms with Gasteiger partial charge >= 0.3 is 7.40 Å². The zero-order valence-electron chi connectivity index (χ0n) is 8.27. The van der Waals surface area contributed by atoms with Crippen LogP contribution in [0.2, 0.25) is 0 Å². The van der Waals surface area contributed by atoms with Crippen LogP contribution in [0.1, 0.15) is 11.9 Å². The lowest BCUT2D eigenvalue weighted by molar-refractivity contribution is 0.0692. The third-order valence-corrected chi connectivity index (χ3v) is 1.67. The lowest BCUT2D eigenvalue weighted by Gasteiger charge is -1.87. The predicted octanol–water partition coefficient (Wildman–Crippen LogP) is 0.192. The molecule has 1 aromatic heterocycles. The molecule has 1 heterocycles. The number of fused-ring (bicyclic) bond motifs is 1. The molecule has 0 saturated carbocycles. The Labute approximate surface area is 81.0 Å². The van der Waals surface area contributed by atoms with Gasteiger partial charge in [-0.25, -0.2) is 4.79 Å². The van der Waals surface area contributed by atoms with Crippen molar-refractivity contribution in [3.8, 4) is 0 Å². The molecule has 0 bridgehead atoms. The molecule has 2 rings (SSSR count). The van der Waals surface area contributed by atoms with Gasteiger partial charge in [0, 0.05) is 5.39 Å². The van der Waals surface area contributed by atoms with Crippen LogP contribution in [0.5, 0.6) is 0 Å². The summed E-state index contributed by atoms with van der Waals surface area (Å²) in [5.41, 5.74) is 0.820. The molecule has 0 unspecified atom stereocenters. The summed E-state index contributed by atoms with van der Waals surface area (Å²) < 4.78 is 0. The topological polar surface area (TPSA) is 118 Å². The number of nitrogens with two attached hydrogens (primary N) is 2. The van der Waals surface area contributed by atoms with Crippen molar-refractivity contribution in [1.29, 1.82) is 0 Å². The van der Waals surface area contributed by atoms with Gasteiger partial charge in [-0.2, -0.15) is 5.10 Å². The van der Waals surface area contributed by atoms with Crippen molar-refractivity contribution in [2.45, 2.75) is 0 Å². The second kappa shape index (κ2) is 4.35. The van der Waals surface area contributed by atoms with Gasteiger partial charge in [-0.05, 0) is 6.07 Å². The first-order chi connectivity index (χ1) is 6.79. The van der Waals surface area contributed by atoms with Crippen LogP contribution >= 0.6 is 0 Å². The van der Waals surface area contributed by atoms with E-state index in [1.54, 1.807) is 18.2 Å². The van der Waals surface area contributed by atoms with Crippen molar-refractivity contribution >= 4 is 16.9 Å². The predicted molar refractivity (Wildman–Crippen MR) is 52.5 cm³/mol. The number of nitrogens with zero attached hydrogens (tertiary/aromatic N) is 1. The molecule has 74 valence electrons. The fourth-order valence-corrected chi connectivity index (χ4v) is 1.13. The lowest BCUT2D eigenvalue weighted by atomic mass is 10.2. The van der Waals surface area contributed by atoms with Crippen molar-refractivity contribution < 1.29 is 11.3 Å². The van der Waals surface area contributed by atoms with Crippen LogP contribution in [0, 0.1) is 0 Å². The van der Waals surface area contributed by atoms with E-state index in [2.05, 4.69) is 21.9 Å². The maximum atomic E-state index is 10.6. The van der Waals surface area contributed by atoms with Crippen LogP contribution in [-0.4, -0.2) is 21.3 Å². The fourth-order valence-electron chi connectivity index (χ4n) is 1.13. The van der Waals surface area contributed by atoms with Gasteiger partial charge in [-0.1, -0.05) is 18.2 Å². The SMILES string of the molecule is NN.O=C(O)c1n[nH]c2ccccc12.[H+]. The van der Waals surface area contributed by atoms with E-state index in [9.17, 15) is 4.79 Å². The number of carboxylic acid groups (broad SMARTS) is 1. The summed E-state index contributed by atoms with van der Waals surface area (Å²) in [7, 11) is 0. The summed E-state index contributed by atoms with van der Waals surface area (Å²) in [6, 6.07) is 7.12. The maximum Gasteiger partial charge on any atom is 1.00 e. The highest BCUT2D eigenvalue weighted by atomic mass is 16.4. The molecule has 0 atom stereocenters. The highest BCUT2D eigenvalue weighted by Gasteiger charge is 2.10. The first-order valence-electron chi connectivity index (χ1n) is 3.79. The molecular weight excluding hydrogens is 184 g/mol. The van der Waals surface area contributed by atoms with Crippen LogP contribution < -0.4 is 11.7 Å². The molecule has 1 aromatic carbocycles. The Morgan fingerprint density at radius 1 is 1.43 bits per heavy atom. The fraction of sp³-hybridized carbons (Fsp3) is 0. The number of aromatic carboxylic acids is 1. The van der Waals surface area contributed by atoms with E-state index >= 15 is 0 Å². The van der Waals surface area contributed by atoms with Gasteiger partial charge in [0.1, 0.15) is 0 Å². The molecule has 0 saturated heterocycles. The number of hydrogen-bond donors (Lipinski definition) is 4. The Bertz CT molecular complexity index is 443. The molecular formula is C8H11N4O2+. The normalized spacial score (nSPS) is 9.29. The minimum absolute atomic E-state index is 0. The zero-order chi connectivity index (χ0) is 10.6. The van der Waals surface area contributed by atoms with Gasteiger partial charge in [0.2, 0.25) is 0 Å². The monoisotopic (exact) mass is 195 g/mol. The lowest BCUT2D eigenvalue weighted by Crippen LogP contribution is -2.02. The molecule has 6 nitrogen and oxygen atoms in total. The van der Waals surface area contributed by atoms with Crippen LogP contribution in [0.3, 0.4) is 0 Å². The van der Waals surface area contributed by atoms with Gasteiger partial charge < -0.3 is 5.11 Å². The van der Waals surface area contributed by atoms with Crippen molar-refractivity contribution in [3.05, 3.63) is 30.0 Å². The van der Waals surface area contributed by atoms with Crippen molar-refractivity contribution in [2.24, 2.45) is 11.7 Å². The molecule has 0 radical (unpaired) electrons. The number of nitrogens with one attached hydrogen (secondary N) is 1. The van der Waals surface area contributed by atoms with E-state index in [0.29, 0.717) is 5.39 Å². The number of hydrogen-bond acceptors (Lipinski definition) is 4. The maximum absolute atomic E-state index is 10.6. The molecule has 0 fully saturated rings. The van der Waals surface area contributed by atoms with E-state index in [1.807, 2.05) is 6.07 Å². The smallest absolute Gasteiger partial charge is 0.476 e. The molecule has 14 heavy (non-hydrogen) atoms. The third kappa shape index (κ3) is 1.70. The molecule has 0 spiro atoms. The summed E-state index contributed by atoms with van der Waals surface area (Å²) in [5.74, 6) is 6.99. The Hall–Kier alpha value is -1.92. The molecule has 0 aliphatic carbocycles. The highest BCUT2D eigenvalue weighted by Crippen LogP contribution is 2.14. The summed E-state index contributed by atoms with van der Waals surface area (Å²) in [4.78, 5) is 10.6. The van der Waals surface area contributed by atoms with Crippen molar-refractivity contribution in [3.63, 3.8) is 0 Å². The minimum Gasteiger partial charge on any atom is -0.476 e. The average molecular weight is 195 g/mol. The molecule has 0 amide bonds. The minimum atomic E-state index is -1.01. The van der Waals surface area contributed by atoms with Gasteiger partial charge in [0.25, 0.3) is 0 Å². The Morgan fingerprint density at radius 2 is 2.07 bits per heavy atom. The first kappa shape index (κ1) is 10.2. The summed E-state index contributed by atoms with van der Waals surface area (Å²) in [6.45, 7) is 0. The van der Waals surface area contributed by atoms with Gasteiger partial charge in [0.05, 0.1) is 5.52 Å².